The van der Waals surface area contributed by atoms with Crippen LogP contribution in [0.25, 0.3) is 0 Å². The maximum atomic E-state index is 11.3. The van der Waals surface area contributed by atoms with Crippen LogP contribution in [-0.4, -0.2) is 34.2 Å². The van der Waals surface area contributed by atoms with Crippen molar-refractivity contribution < 1.29 is 4.79 Å². The summed E-state index contributed by atoms with van der Waals surface area (Å²) < 4.78 is 1.92. The van der Waals surface area contributed by atoms with Crippen molar-refractivity contribution in [2.24, 2.45) is 17.8 Å². The molecule has 0 aliphatic carbocycles. The first-order valence-electron chi connectivity index (χ1n) is 9.24. The fourth-order valence-corrected chi connectivity index (χ4v) is 3.02. The zero-order valence-corrected chi connectivity index (χ0v) is 16.8. The van der Waals surface area contributed by atoms with Crippen LogP contribution in [0.15, 0.2) is 29.3 Å². The lowest BCUT2D eigenvalue weighted by molar-refractivity contribution is 0.1000. The van der Waals surface area contributed by atoms with Gasteiger partial charge in [-0.05, 0) is 57.4 Å². The van der Waals surface area contributed by atoms with Gasteiger partial charge in [0.15, 0.2) is 5.96 Å². The van der Waals surface area contributed by atoms with Crippen LogP contribution in [0.5, 0.6) is 0 Å². The molecule has 0 fully saturated rings. The summed E-state index contributed by atoms with van der Waals surface area (Å²) in [5.74, 6) is 0.315. The molecule has 1 amide bonds. The third-order valence-corrected chi connectivity index (χ3v) is 4.53. The van der Waals surface area contributed by atoms with E-state index in [2.05, 4.69) is 34.6 Å². The van der Waals surface area contributed by atoms with Crippen molar-refractivity contribution in [2.75, 3.05) is 6.54 Å². The highest BCUT2D eigenvalue weighted by molar-refractivity contribution is 5.92. The van der Waals surface area contributed by atoms with Crippen molar-refractivity contribution in [2.45, 2.75) is 46.7 Å². The van der Waals surface area contributed by atoms with Gasteiger partial charge in [-0.15, -0.1) is 0 Å². The first-order chi connectivity index (χ1) is 12.8. The van der Waals surface area contributed by atoms with Gasteiger partial charge in [0.25, 0.3) is 0 Å². The number of aliphatic imine (C=N–C) groups is 1. The van der Waals surface area contributed by atoms with Crippen LogP contribution in [0.2, 0.25) is 0 Å². The topological polar surface area (TPSA) is 97.3 Å². The number of hydrogen-bond donors (Lipinski definition) is 3. The molecule has 0 bridgehead atoms. The third kappa shape index (κ3) is 5.57. The number of nitrogens with one attached hydrogen (secondary N) is 2. The maximum Gasteiger partial charge on any atom is 0.248 e. The molecule has 1 aromatic heterocycles. The van der Waals surface area contributed by atoms with Gasteiger partial charge in [-0.1, -0.05) is 12.1 Å². The number of hydrogen-bond acceptors (Lipinski definition) is 3. The molecule has 2 rings (SSSR count). The van der Waals surface area contributed by atoms with E-state index < -0.39 is 5.91 Å². The lowest BCUT2D eigenvalue weighted by atomic mass is 10.1. The Labute approximate surface area is 161 Å². The van der Waals surface area contributed by atoms with Crippen molar-refractivity contribution in [3.05, 3.63) is 52.3 Å². The predicted octanol–water partition coefficient (Wildman–Crippen LogP) is 1.82. The Bertz CT molecular complexity index is 824. The molecule has 1 atom stereocenters. The molecule has 0 aliphatic heterocycles. The lowest BCUT2D eigenvalue weighted by Crippen LogP contribution is -2.43. The van der Waals surface area contributed by atoms with Crippen LogP contribution in [0.4, 0.5) is 0 Å². The van der Waals surface area contributed by atoms with Gasteiger partial charge in [-0.2, -0.15) is 5.10 Å². The van der Waals surface area contributed by atoms with E-state index >= 15 is 0 Å². The van der Waals surface area contributed by atoms with Crippen LogP contribution in [-0.2, 0) is 20.0 Å². The number of nitrogens with two attached hydrogens (primary N) is 1. The molecule has 146 valence electrons. The minimum absolute atomic E-state index is 0.196. The van der Waals surface area contributed by atoms with E-state index in [0.29, 0.717) is 12.1 Å². The first-order valence-corrected chi connectivity index (χ1v) is 9.24. The summed E-state index contributed by atoms with van der Waals surface area (Å²) in [5.41, 5.74) is 10.3. The molecule has 0 saturated carbocycles. The standard InChI is InChI=1S/C20H30N6O/c1-6-22-20(23-12-16-8-7-9-17(11-16)19(21)27)24-13(2)10-18-14(3)25-26(5)15(18)4/h7-9,11,13H,6,10,12H2,1-5H3,(H2,21,27)(H2,22,23,24). The summed E-state index contributed by atoms with van der Waals surface area (Å²) in [6.45, 7) is 9.53. The highest BCUT2D eigenvalue weighted by Gasteiger charge is 2.14. The summed E-state index contributed by atoms with van der Waals surface area (Å²) >= 11 is 0. The summed E-state index contributed by atoms with van der Waals surface area (Å²) in [5, 5.41) is 11.2. The maximum absolute atomic E-state index is 11.3. The monoisotopic (exact) mass is 370 g/mol. The molecular weight excluding hydrogens is 340 g/mol. The Balaban J connectivity index is 2.06. The highest BCUT2D eigenvalue weighted by Crippen LogP contribution is 2.14. The number of carbonyl (C=O) groups is 1. The minimum atomic E-state index is -0.429. The van der Waals surface area contributed by atoms with Crippen LogP contribution >= 0.6 is 0 Å². The fraction of sp³-hybridized carbons (Fsp3) is 0.450. The molecule has 4 N–H and O–H groups in total. The Morgan fingerprint density at radius 1 is 1.37 bits per heavy atom. The largest absolute Gasteiger partial charge is 0.366 e. The average molecular weight is 371 g/mol. The quantitative estimate of drug-likeness (QED) is 0.511. The third-order valence-electron chi connectivity index (χ3n) is 4.53. The number of rotatable bonds is 7. The van der Waals surface area contributed by atoms with Gasteiger partial charge in [0.05, 0.1) is 12.2 Å². The second kappa shape index (κ2) is 9.21. The number of primary amides is 1. The van der Waals surface area contributed by atoms with Crippen molar-refractivity contribution in [3.63, 3.8) is 0 Å². The molecule has 0 spiro atoms. The summed E-state index contributed by atoms with van der Waals surface area (Å²) in [4.78, 5) is 16.0. The van der Waals surface area contributed by atoms with Gasteiger partial charge < -0.3 is 16.4 Å². The Morgan fingerprint density at radius 2 is 2.11 bits per heavy atom. The fourth-order valence-electron chi connectivity index (χ4n) is 3.02. The first kappa shape index (κ1) is 20.5. The van der Waals surface area contributed by atoms with E-state index in [9.17, 15) is 4.79 Å². The molecule has 1 heterocycles. The number of aromatic nitrogens is 2. The van der Waals surface area contributed by atoms with Gasteiger partial charge >= 0.3 is 0 Å². The smallest absolute Gasteiger partial charge is 0.248 e. The number of nitrogens with zero attached hydrogens (tertiary/aromatic N) is 3. The SMILES string of the molecule is CCNC(=NCc1cccc(C(N)=O)c1)NC(C)Cc1c(C)nn(C)c1C. The predicted molar refractivity (Wildman–Crippen MR) is 109 cm³/mol. The van der Waals surface area contributed by atoms with Crippen LogP contribution in [0.1, 0.15) is 46.7 Å². The van der Waals surface area contributed by atoms with Crippen molar-refractivity contribution in [1.82, 2.24) is 20.4 Å². The van der Waals surface area contributed by atoms with E-state index in [1.165, 1.54) is 11.3 Å². The van der Waals surface area contributed by atoms with Crippen molar-refractivity contribution >= 4 is 11.9 Å². The molecule has 0 radical (unpaired) electrons. The summed E-state index contributed by atoms with van der Waals surface area (Å²) in [7, 11) is 1.97. The van der Waals surface area contributed by atoms with Gasteiger partial charge in [-0.3, -0.25) is 9.48 Å². The molecule has 7 nitrogen and oxygen atoms in total. The number of carbonyl (C=O) groups excluding carboxylic acids is 1. The number of benzene rings is 1. The Kier molecular flexibility index (Phi) is 6.98. The molecule has 7 heteroatoms. The van der Waals surface area contributed by atoms with Gasteiger partial charge in [0, 0.05) is 30.9 Å². The van der Waals surface area contributed by atoms with E-state index in [0.717, 1.165) is 30.2 Å². The lowest BCUT2D eigenvalue weighted by Gasteiger charge is -2.18. The van der Waals surface area contributed by atoms with Crippen LogP contribution < -0.4 is 16.4 Å². The zero-order valence-electron chi connectivity index (χ0n) is 16.8. The minimum Gasteiger partial charge on any atom is -0.366 e. The summed E-state index contributed by atoms with van der Waals surface area (Å²) in [6.07, 6.45) is 0.868. The molecule has 1 aromatic carbocycles. The second-order valence-corrected chi connectivity index (χ2v) is 6.78. The van der Waals surface area contributed by atoms with Gasteiger partial charge in [-0.25, -0.2) is 4.99 Å². The molecule has 1 unspecified atom stereocenters. The normalized spacial score (nSPS) is 12.7. The molecule has 2 aromatic rings. The van der Waals surface area contributed by atoms with E-state index in [-0.39, 0.29) is 6.04 Å². The van der Waals surface area contributed by atoms with Gasteiger partial charge in [0.2, 0.25) is 5.91 Å². The van der Waals surface area contributed by atoms with Gasteiger partial charge in [0.1, 0.15) is 0 Å². The zero-order chi connectivity index (χ0) is 20.0. The van der Waals surface area contributed by atoms with Crippen molar-refractivity contribution in [3.8, 4) is 0 Å². The molecule has 0 saturated heterocycles. The van der Waals surface area contributed by atoms with Crippen molar-refractivity contribution in [1.29, 1.82) is 0 Å². The number of amides is 1. The number of aryl methyl sites for hydroxylation is 2. The van der Waals surface area contributed by atoms with Crippen LogP contribution in [0.3, 0.4) is 0 Å². The highest BCUT2D eigenvalue weighted by atomic mass is 16.1. The van der Waals surface area contributed by atoms with E-state index in [1.807, 2.05) is 37.7 Å². The van der Waals surface area contributed by atoms with E-state index in [4.69, 9.17) is 5.73 Å². The Hall–Kier alpha value is -2.83. The molecular formula is C20H30N6O. The van der Waals surface area contributed by atoms with E-state index in [1.54, 1.807) is 12.1 Å². The average Bonchev–Trinajstić information content (AvgIpc) is 2.86. The molecule has 27 heavy (non-hydrogen) atoms. The van der Waals surface area contributed by atoms with Crippen LogP contribution in [0, 0.1) is 13.8 Å². The number of guanidine groups is 1. The second-order valence-electron chi connectivity index (χ2n) is 6.78. The summed E-state index contributed by atoms with van der Waals surface area (Å²) in [6, 6.07) is 7.44. The molecule has 0 aliphatic rings. The Morgan fingerprint density at radius 3 is 2.70 bits per heavy atom.